The largest absolute Gasteiger partial charge is 0.492 e. The fourth-order valence-corrected chi connectivity index (χ4v) is 3.30. The van der Waals surface area contributed by atoms with Crippen molar-refractivity contribution in [2.24, 2.45) is 0 Å². The van der Waals surface area contributed by atoms with Gasteiger partial charge in [0.15, 0.2) is 5.65 Å². The number of aromatic amines is 1. The summed E-state index contributed by atoms with van der Waals surface area (Å²) < 4.78 is 7.50. The molecular weight excluding hydrogens is 394 g/mol. The van der Waals surface area contributed by atoms with Crippen LogP contribution in [0.5, 0.6) is 5.75 Å². The van der Waals surface area contributed by atoms with Crippen LogP contribution in [0.25, 0.3) is 27.8 Å². The summed E-state index contributed by atoms with van der Waals surface area (Å²) in [6.45, 7) is 3.68. The minimum atomic E-state index is -0.852. The minimum Gasteiger partial charge on any atom is -0.492 e. The first-order valence-electron chi connectivity index (χ1n) is 9.76. The molecule has 0 saturated carbocycles. The highest BCUT2D eigenvalue weighted by molar-refractivity contribution is 5.94. The maximum Gasteiger partial charge on any atom is 0.260 e. The van der Waals surface area contributed by atoms with Gasteiger partial charge in [0.1, 0.15) is 11.8 Å². The molecule has 31 heavy (non-hydrogen) atoms. The van der Waals surface area contributed by atoms with Gasteiger partial charge in [0.05, 0.1) is 41.4 Å². The molecular formula is C23H21N5O3. The van der Waals surface area contributed by atoms with Gasteiger partial charge in [-0.05, 0) is 43.7 Å². The lowest BCUT2D eigenvalue weighted by atomic mass is 10.0. The van der Waals surface area contributed by atoms with Gasteiger partial charge >= 0.3 is 0 Å². The van der Waals surface area contributed by atoms with Crippen LogP contribution in [0.4, 0.5) is 0 Å². The topological polar surface area (TPSA) is 117 Å². The normalized spacial score (nSPS) is 11.4. The van der Waals surface area contributed by atoms with E-state index in [1.54, 1.807) is 49.0 Å². The number of ether oxygens (including phenoxy) is 1. The Hall–Kier alpha value is -3.96. The summed E-state index contributed by atoms with van der Waals surface area (Å²) in [7, 11) is 0. The number of hydrogen-bond donors (Lipinski definition) is 2. The number of aliphatic hydroxyl groups is 1. The predicted octanol–water partition coefficient (Wildman–Crippen LogP) is 3.19. The zero-order valence-corrected chi connectivity index (χ0v) is 17.2. The number of hydrogen-bond acceptors (Lipinski definition) is 6. The number of fused-ring (bicyclic) bond motifs is 1. The first-order valence-corrected chi connectivity index (χ1v) is 9.76. The molecule has 8 nitrogen and oxygen atoms in total. The highest BCUT2D eigenvalue weighted by Gasteiger charge is 2.18. The van der Waals surface area contributed by atoms with Gasteiger partial charge in [0, 0.05) is 24.4 Å². The van der Waals surface area contributed by atoms with E-state index in [9.17, 15) is 15.2 Å². The molecule has 0 fully saturated rings. The van der Waals surface area contributed by atoms with E-state index in [2.05, 4.69) is 21.0 Å². The molecule has 4 rings (SSSR count). The highest BCUT2D eigenvalue weighted by Crippen LogP contribution is 2.32. The molecule has 0 unspecified atom stereocenters. The van der Waals surface area contributed by atoms with Crippen LogP contribution in [0.15, 0.2) is 60.0 Å². The van der Waals surface area contributed by atoms with Crippen LogP contribution in [-0.4, -0.2) is 36.8 Å². The summed E-state index contributed by atoms with van der Waals surface area (Å²) in [6, 6.07) is 11.0. The SMILES string of the molecule is CC(C)(O)CCOc1ccc(-c2cn(-c3cccnc3)c3nc[nH]c(=O)c23)cc1C#N. The van der Waals surface area contributed by atoms with E-state index in [4.69, 9.17) is 4.74 Å². The molecule has 3 heterocycles. The van der Waals surface area contributed by atoms with Crippen molar-refractivity contribution in [2.75, 3.05) is 6.61 Å². The summed E-state index contributed by atoms with van der Waals surface area (Å²) in [5, 5.41) is 19.9. The van der Waals surface area contributed by atoms with Crippen LogP contribution >= 0.6 is 0 Å². The summed E-state index contributed by atoms with van der Waals surface area (Å²) in [5.41, 5.74) is 1.82. The van der Waals surface area contributed by atoms with E-state index in [-0.39, 0.29) is 12.2 Å². The van der Waals surface area contributed by atoms with Crippen LogP contribution in [0.2, 0.25) is 0 Å². The van der Waals surface area contributed by atoms with Crippen molar-refractivity contribution in [2.45, 2.75) is 25.9 Å². The van der Waals surface area contributed by atoms with E-state index in [0.717, 1.165) is 5.69 Å². The van der Waals surface area contributed by atoms with Crippen molar-refractivity contribution in [1.82, 2.24) is 19.5 Å². The number of aromatic nitrogens is 4. The molecule has 0 bridgehead atoms. The van der Waals surface area contributed by atoms with Crippen molar-refractivity contribution in [3.8, 4) is 28.6 Å². The number of rotatable bonds is 6. The molecule has 1 aromatic carbocycles. The Morgan fingerprint density at radius 3 is 2.87 bits per heavy atom. The Morgan fingerprint density at radius 2 is 2.16 bits per heavy atom. The average Bonchev–Trinajstić information content (AvgIpc) is 3.15. The van der Waals surface area contributed by atoms with E-state index in [1.807, 2.05) is 18.3 Å². The Morgan fingerprint density at radius 1 is 1.32 bits per heavy atom. The maximum atomic E-state index is 12.6. The van der Waals surface area contributed by atoms with E-state index < -0.39 is 5.60 Å². The fourth-order valence-electron chi connectivity index (χ4n) is 3.30. The van der Waals surface area contributed by atoms with E-state index >= 15 is 0 Å². The Kier molecular flexibility index (Phi) is 5.28. The molecule has 0 radical (unpaired) electrons. The molecule has 0 aliphatic heterocycles. The lowest BCUT2D eigenvalue weighted by molar-refractivity contribution is 0.0553. The Bertz CT molecular complexity index is 1330. The number of nitriles is 1. The van der Waals surface area contributed by atoms with Crippen molar-refractivity contribution >= 4 is 11.0 Å². The van der Waals surface area contributed by atoms with Gasteiger partial charge in [0.2, 0.25) is 0 Å². The predicted molar refractivity (Wildman–Crippen MR) is 116 cm³/mol. The second kappa shape index (κ2) is 8.05. The first-order chi connectivity index (χ1) is 14.9. The monoisotopic (exact) mass is 415 g/mol. The van der Waals surface area contributed by atoms with Crippen LogP contribution < -0.4 is 10.3 Å². The lowest BCUT2D eigenvalue weighted by Crippen LogP contribution is -2.21. The smallest absolute Gasteiger partial charge is 0.260 e. The van der Waals surface area contributed by atoms with Gasteiger partial charge in [-0.2, -0.15) is 5.26 Å². The van der Waals surface area contributed by atoms with Crippen LogP contribution in [0.3, 0.4) is 0 Å². The molecule has 0 aliphatic carbocycles. The molecule has 0 atom stereocenters. The summed E-state index contributed by atoms with van der Waals surface area (Å²) >= 11 is 0. The van der Waals surface area contributed by atoms with E-state index in [1.165, 1.54) is 6.33 Å². The Balaban J connectivity index is 1.79. The molecule has 0 aliphatic rings. The van der Waals surface area contributed by atoms with Gasteiger partial charge < -0.3 is 14.8 Å². The van der Waals surface area contributed by atoms with Gasteiger partial charge in [-0.25, -0.2) is 4.98 Å². The third-order valence-electron chi connectivity index (χ3n) is 4.90. The molecule has 4 aromatic rings. The zero-order chi connectivity index (χ0) is 22.0. The van der Waals surface area contributed by atoms with Crippen molar-refractivity contribution < 1.29 is 9.84 Å². The quantitative estimate of drug-likeness (QED) is 0.499. The van der Waals surface area contributed by atoms with Gasteiger partial charge in [0.25, 0.3) is 5.56 Å². The zero-order valence-electron chi connectivity index (χ0n) is 17.2. The second-order valence-electron chi connectivity index (χ2n) is 7.79. The third-order valence-corrected chi connectivity index (χ3v) is 4.90. The summed E-state index contributed by atoms with van der Waals surface area (Å²) in [5.74, 6) is 0.429. The van der Waals surface area contributed by atoms with Crippen molar-refractivity contribution in [1.29, 1.82) is 5.26 Å². The van der Waals surface area contributed by atoms with Crippen LogP contribution in [-0.2, 0) is 0 Å². The van der Waals surface area contributed by atoms with Crippen molar-refractivity contribution in [3.05, 3.63) is 71.2 Å². The molecule has 0 spiro atoms. The van der Waals surface area contributed by atoms with Crippen LogP contribution in [0, 0.1) is 11.3 Å². The molecule has 0 saturated heterocycles. The standard InChI is InChI=1S/C23H21N5O3/c1-23(2,30)7-9-31-19-6-5-15(10-16(19)11-24)18-13-28(17-4-3-8-25-12-17)21-20(18)22(29)27-14-26-21/h3-6,8,10,12-14,30H,7,9H2,1-2H3,(H,26,27,29). The Labute approximate surface area is 178 Å². The number of benzene rings is 1. The number of pyridine rings is 1. The van der Waals surface area contributed by atoms with E-state index in [0.29, 0.717) is 39.9 Å². The summed E-state index contributed by atoms with van der Waals surface area (Å²) in [4.78, 5) is 23.8. The number of nitrogens with zero attached hydrogens (tertiary/aromatic N) is 4. The highest BCUT2D eigenvalue weighted by atomic mass is 16.5. The molecule has 2 N–H and O–H groups in total. The molecule has 8 heteroatoms. The average molecular weight is 415 g/mol. The third kappa shape index (κ3) is 4.17. The van der Waals surface area contributed by atoms with Crippen LogP contribution in [0.1, 0.15) is 25.8 Å². The van der Waals surface area contributed by atoms with Gasteiger partial charge in [-0.15, -0.1) is 0 Å². The minimum absolute atomic E-state index is 0.272. The molecule has 156 valence electrons. The lowest BCUT2D eigenvalue weighted by Gasteiger charge is -2.17. The maximum absolute atomic E-state index is 12.6. The molecule has 0 amide bonds. The first kappa shape index (κ1) is 20.3. The second-order valence-corrected chi connectivity index (χ2v) is 7.79. The van der Waals surface area contributed by atoms with Gasteiger partial charge in [-0.1, -0.05) is 6.07 Å². The molecule has 3 aromatic heterocycles. The number of H-pyrrole nitrogens is 1. The van der Waals surface area contributed by atoms with Gasteiger partial charge in [-0.3, -0.25) is 14.3 Å². The fraction of sp³-hybridized carbons (Fsp3) is 0.217. The summed E-state index contributed by atoms with van der Waals surface area (Å²) in [6.07, 6.45) is 6.97. The number of nitrogens with one attached hydrogen (secondary N) is 1. The van der Waals surface area contributed by atoms with Crippen molar-refractivity contribution in [3.63, 3.8) is 0 Å².